The lowest BCUT2D eigenvalue weighted by atomic mass is 9.84. The molecule has 222 valence electrons. The van der Waals surface area contributed by atoms with Crippen LogP contribution in [0, 0.1) is 11.6 Å². The first kappa shape index (κ1) is 28.7. The minimum absolute atomic E-state index is 0.0637. The SMILES string of the molecule is COc1ccccc1C(=O)OCCc1c(C(c2cc(F)ccc2F)c2c(O)c3ccccc3n(C)c2=O)[nH]c2ccccc12. The molecule has 2 N–H and O–H groups in total. The summed E-state index contributed by atoms with van der Waals surface area (Å²) < 4.78 is 42.6. The number of hydrogen-bond donors (Lipinski definition) is 2. The maximum atomic E-state index is 15.6. The molecule has 9 heteroatoms. The zero-order valence-corrected chi connectivity index (χ0v) is 23.9. The number of halogens is 2. The fourth-order valence-electron chi connectivity index (χ4n) is 5.83. The van der Waals surface area contributed by atoms with Crippen LogP contribution < -0.4 is 10.3 Å². The number of esters is 1. The number of hydrogen-bond acceptors (Lipinski definition) is 5. The van der Waals surface area contributed by atoms with Crippen molar-refractivity contribution in [3.63, 3.8) is 0 Å². The highest BCUT2D eigenvalue weighted by molar-refractivity contribution is 5.92. The third-order valence-electron chi connectivity index (χ3n) is 7.92. The standard InChI is InChI=1S/C35H28F2N2O5/c1-39-28-13-7-4-10-23(28)33(40)31(34(39)41)30(25-19-20(36)15-16-26(25)37)32-22(21-9-3-6-12-27(21)38-32)17-18-44-35(42)24-11-5-8-14-29(24)43-2/h3-16,19,30,38,40H,17-18H2,1-2H3. The number of benzene rings is 4. The van der Waals surface area contributed by atoms with Gasteiger partial charge in [-0.3, -0.25) is 4.79 Å². The Balaban J connectivity index is 1.53. The highest BCUT2D eigenvalue weighted by Crippen LogP contribution is 2.42. The Kier molecular flexibility index (Phi) is 7.61. The van der Waals surface area contributed by atoms with Gasteiger partial charge in [-0.2, -0.15) is 0 Å². The smallest absolute Gasteiger partial charge is 0.341 e. The molecule has 44 heavy (non-hydrogen) atoms. The first-order valence-electron chi connectivity index (χ1n) is 13.9. The lowest BCUT2D eigenvalue weighted by Gasteiger charge is -2.22. The quantitative estimate of drug-likeness (QED) is 0.194. The number of carbonyl (C=O) groups is 1. The number of methoxy groups -OCH3 is 1. The average Bonchev–Trinajstić information content (AvgIpc) is 3.41. The van der Waals surface area contributed by atoms with E-state index in [1.54, 1.807) is 55.6 Å². The molecule has 2 heterocycles. The number of fused-ring (bicyclic) bond motifs is 2. The summed E-state index contributed by atoms with van der Waals surface area (Å²) in [5.74, 6) is -3.23. The van der Waals surface area contributed by atoms with Crippen molar-refractivity contribution in [3.05, 3.63) is 141 Å². The maximum absolute atomic E-state index is 15.6. The molecule has 0 spiro atoms. The number of H-pyrrole nitrogens is 1. The van der Waals surface area contributed by atoms with Crippen molar-refractivity contribution in [2.24, 2.45) is 7.05 Å². The van der Waals surface area contributed by atoms with Gasteiger partial charge in [-0.1, -0.05) is 42.5 Å². The van der Waals surface area contributed by atoms with Crippen LogP contribution in [0.1, 0.15) is 38.7 Å². The molecule has 0 aliphatic rings. The summed E-state index contributed by atoms with van der Waals surface area (Å²) in [4.78, 5) is 30.2. The van der Waals surface area contributed by atoms with Crippen LogP contribution in [-0.2, 0) is 18.2 Å². The van der Waals surface area contributed by atoms with Crippen molar-refractivity contribution >= 4 is 27.8 Å². The number of aromatic amines is 1. The Labute approximate surface area is 250 Å². The number of aromatic nitrogens is 2. The molecule has 4 aromatic carbocycles. The summed E-state index contributed by atoms with van der Waals surface area (Å²) in [5.41, 5.74) is 1.59. The molecule has 2 aromatic heterocycles. The van der Waals surface area contributed by atoms with Gasteiger partial charge in [0.1, 0.15) is 28.7 Å². The molecule has 1 atom stereocenters. The van der Waals surface area contributed by atoms with Gasteiger partial charge in [0.25, 0.3) is 5.56 Å². The van der Waals surface area contributed by atoms with Gasteiger partial charge in [0.2, 0.25) is 0 Å². The molecule has 0 radical (unpaired) electrons. The minimum Gasteiger partial charge on any atom is -0.507 e. The number of para-hydroxylation sites is 3. The van der Waals surface area contributed by atoms with E-state index in [2.05, 4.69) is 4.98 Å². The molecule has 0 bridgehead atoms. The van der Waals surface area contributed by atoms with E-state index in [-0.39, 0.29) is 35.5 Å². The summed E-state index contributed by atoms with van der Waals surface area (Å²) in [6.07, 6.45) is 0.169. The lowest BCUT2D eigenvalue weighted by molar-refractivity contribution is 0.0505. The highest BCUT2D eigenvalue weighted by Gasteiger charge is 2.32. The van der Waals surface area contributed by atoms with Crippen LogP contribution in [0.15, 0.2) is 95.8 Å². The Hall–Kier alpha value is -5.44. The van der Waals surface area contributed by atoms with E-state index in [4.69, 9.17) is 9.47 Å². The largest absolute Gasteiger partial charge is 0.507 e. The second-order valence-electron chi connectivity index (χ2n) is 10.4. The monoisotopic (exact) mass is 594 g/mol. The van der Waals surface area contributed by atoms with Gasteiger partial charge in [0.05, 0.1) is 30.7 Å². The van der Waals surface area contributed by atoms with Crippen LogP contribution in [0.3, 0.4) is 0 Å². The van der Waals surface area contributed by atoms with Gasteiger partial charge in [-0.25, -0.2) is 13.6 Å². The topological polar surface area (TPSA) is 93.6 Å². The van der Waals surface area contributed by atoms with E-state index in [1.165, 1.54) is 11.7 Å². The summed E-state index contributed by atoms with van der Waals surface area (Å²) in [6.45, 7) is -0.0637. The third-order valence-corrected chi connectivity index (χ3v) is 7.92. The van der Waals surface area contributed by atoms with Crippen LogP contribution in [0.5, 0.6) is 11.5 Å². The molecule has 6 rings (SSSR count). The van der Waals surface area contributed by atoms with Gasteiger partial charge < -0.3 is 24.1 Å². The molecular formula is C35H28F2N2O5. The molecule has 0 fully saturated rings. The fraction of sp³-hybridized carbons (Fsp3) is 0.143. The van der Waals surface area contributed by atoms with Gasteiger partial charge >= 0.3 is 5.97 Å². The number of pyridine rings is 1. The Morgan fingerprint density at radius 1 is 0.955 bits per heavy atom. The van der Waals surface area contributed by atoms with Crippen LogP contribution in [0.2, 0.25) is 0 Å². The molecular weight excluding hydrogens is 566 g/mol. The Morgan fingerprint density at radius 2 is 1.66 bits per heavy atom. The van der Waals surface area contributed by atoms with Crippen LogP contribution >= 0.6 is 0 Å². The van der Waals surface area contributed by atoms with Crippen molar-refractivity contribution in [3.8, 4) is 11.5 Å². The number of rotatable bonds is 8. The second-order valence-corrected chi connectivity index (χ2v) is 10.4. The summed E-state index contributed by atoms with van der Waals surface area (Å²) in [6, 6.07) is 23.9. The minimum atomic E-state index is -1.23. The second kappa shape index (κ2) is 11.7. The van der Waals surface area contributed by atoms with Gasteiger partial charge in [0.15, 0.2) is 0 Å². The Bertz CT molecular complexity index is 2100. The van der Waals surface area contributed by atoms with Gasteiger partial charge in [-0.15, -0.1) is 0 Å². The number of nitrogens with one attached hydrogen (secondary N) is 1. The Morgan fingerprint density at radius 3 is 2.45 bits per heavy atom. The summed E-state index contributed by atoms with van der Waals surface area (Å²) in [7, 11) is 3.03. The van der Waals surface area contributed by atoms with E-state index >= 15 is 4.39 Å². The van der Waals surface area contributed by atoms with Gasteiger partial charge in [0, 0.05) is 41.0 Å². The van der Waals surface area contributed by atoms with Crippen LogP contribution in [0.4, 0.5) is 8.78 Å². The molecule has 1 unspecified atom stereocenters. The average molecular weight is 595 g/mol. The first-order chi connectivity index (χ1) is 21.3. The number of aromatic hydroxyl groups is 1. The lowest BCUT2D eigenvalue weighted by Crippen LogP contribution is -2.26. The van der Waals surface area contributed by atoms with Crippen molar-refractivity contribution < 1.29 is 28.2 Å². The van der Waals surface area contributed by atoms with Crippen LogP contribution in [-0.4, -0.2) is 34.3 Å². The predicted octanol–water partition coefficient (Wildman–Crippen LogP) is 6.59. The van der Waals surface area contributed by atoms with Crippen molar-refractivity contribution in [1.82, 2.24) is 9.55 Å². The first-order valence-corrected chi connectivity index (χ1v) is 13.9. The van der Waals surface area contributed by atoms with E-state index in [9.17, 15) is 19.1 Å². The molecule has 0 amide bonds. The zero-order chi connectivity index (χ0) is 31.0. The third kappa shape index (κ3) is 4.96. The molecule has 6 aromatic rings. The van der Waals surface area contributed by atoms with E-state index in [0.29, 0.717) is 33.4 Å². The highest BCUT2D eigenvalue weighted by atomic mass is 19.1. The van der Waals surface area contributed by atoms with Gasteiger partial charge in [-0.05, 0) is 54.1 Å². The van der Waals surface area contributed by atoms with E-state index < -0.39 is 29.1 Å². The van der Waals surface area contributed by atoms with Crippen molar-refractivity contribution in [2.45, 2.75) is 12.3 Å². The van der Waals surface area contributed by atoms with E-state index in [0.717, 1.165) is 23.6 Å². The summed E-state index contributed by atoms with van der Waals surface area (Å²) >= 11 is 0. The van der Waals surface area contributed by atoms with Crippen molar-refractivity contribution in [2.75, 3.05) is 13.7 Å². The molecule has 0 saturated carbocycles. The molecule has 0 aliphatic heterocycles. The predicted molar refractivity (Wildman–Crippen MR) is 163 cm³/mol. The fourth-order valence-corrected chi connectivity index (χ4v) is 5.83. The number of carbonyl (C=O) groups excluding carboxylic acids is 1. The van der Waals surface area contributed by atoms with Crippen LogP contribution in [0.25, 0.3) is 21.8 Å². The zero-order valence-electron chi connectivity index (χ0n) is 23.9. The van der Waals surface area contributed by atoms with E-state index in [1.807, 2.05) is 24.3 Å². The van der Waals surface area contributed by atoms with Crippen molar-refractivity contribution in [1.29, 1.82) is 0 Å². The number of ether oxygens (including phenoxy) is 2. The normalized spacial score (nSPS) is 12.0. The molecule has 7 nitrogen and oxygen atoms in total. The number of nitrogens with zero attached hydrogens (tertiary/aromatic N) is 1. The maximum Gasteiger partial charge on any atom is 0.341 e. The molecule has 0 saturated heterocycles. The number of aryl methyl sites for hydroxylation is 1. The summed E-state index contributed by atoms with van der Waals surface area (Å²) in [5, 5.41) is 12.7. The molecule has 0 aliphatic carbocycles.